The Balaban J connectivity index is 2.01. The first-order valence-corrected chi connectivity index (χ1v) is 6.51. The number of nitrogens with one attached hydrogen (secondary N) is 2. The third kappa shape index (κ3) is 3.58. The summed E-state index contributed by atoms with van der Waals surface area (Å²) >= 11 is 5.50. The maximum absolute atomic E-state index is 12.7. The molecule has 2 rings (SSSR count). The average molecular weight is 318 g/mol. The summed E-state index contributed by atoms with van der Waals surface area (Å²) in [5.74, 6) is -0.665. The molecule has 0 radical (unpaired) electrons. The maximum atomic E-state index is 12.7. The predicted octanol–water partition coefficient (Wildman–Crippen LogP) is 3.15. The molecule has 0 atom stereocenters. The Bertz CT molecular complexity index is 591. The minimum absolute atomic E-state index is 0.0401. The topological polar surface area (TPSA) is 64.9 Å². The molecule has 0 aromatic heterocycles. The zero-order valence-electron chi connectivity index (χ0n) is 10.7. The number of amides is 1. The van der Waals surface area contributed by atoms with Gasteiger partial charge in [0, 0.05) is 17.6 Å². The summed E-state index contributed by atoms with van der Waals surface area (Å²) in [6.45, 7) is 0. The van der Waals surface area contributed by atoms with E-state index in [0.29, 0.717) is 12.8 Å². The van der Waals surface area contributed by atoms with Gasteiger partial charge in [-0.2, -0.15) is 18.4 Å². The Kier molecular flexibility index (Phi) is 4.28. The Morgan fingerprint density at radius 3 is 2.62 bits per heavy atom. The second-order valence-electron chi connectivity index (χ2n) is 4.80. The highest BCUT2D eigenvalue weighted by Crippen LogP contribution is 2.36. The Morgan fingerprint density at radius 1 is 1.38 bits per heavy atom. The molecule has 0 bridgehead atoms. The molecule has 1 aromatic carbocycles. The van der Waals surface area contributed by atoms with E-state index in [1.165, 1.54) is 6.07 Å². The quantitative estimate of drug-likeness (QED) is 0.665. The number of rotatable bonds is 3. The maximum Gasteiger partial charge on any atom is 0.417 e. The van der Waals surface area contributed by atoms with Crippen LogP contribution in [0.3, 0.4) is 0 Å². The molecule has 4 nitrogen and oxygen atoms in total. The van der Waals surface area contributed by atoms with Gasteiger partial charge >= 0.3 is 6.18 Å². The fourth-order valence-corrected chi connectivity index (χ4v) is 2.33. The van der Waals surface area contributed by atoms with E-state index in [4.69, 9.17) is 16.9 Å². The van der Waals surface area contributed by atoms with E-state index >= 15 is 0 Å². The van der Waals surface area contributed by atoms with Gasteiger partial charge in [0.2, 0.25) is 5.91 Å². The Labute approximate surface area is 123 Å². The lowest BCUT2D eigenvalue weighted by Crippen LogP contribution is -2.44. The molecule has 112 valence electrons. The van der Waals surface area contributed by atoms with Crippen LogP contribution in [-0.2, 0) is 11.0 Å². The molecule has 0 saturated heterocycles. The number of anilines is 1. The number of hydrogen-bond acceptors (Lipinski definition) is 3. The van der Waals surface area contributed by atoms with Crippen molar-refractivity contribution in [1.82, 2.24) is 5.32 Å². The summed E-state index contributed by atoms with van der Waals surface area (Å²) in [6.07, 6.45) is -1.82. The van der Waals surface area contributed by atoms with Crippen LogP contribution in [0.2, 0.25) is 5.02 Å². The van der Waals surface area contributed by atoms with Gasteiger partial charge in [-0.15, -0.1) is 0 Å². The molecular weight excluding hydrogens is 307 g/mol. The average Bonchev–Trinajstić information content (AvgIpc) is 2.34. The van der Waals surface area contributed by atoms with Crippen molar-refractivity contribution in [2.45, 2.75) is 25.1 Å². The van der Waals surface area contributed by atoms with Gasteiger partial charge < -0.3 is 10.6 Å². The van der Waals surface area contributed by atoms with Gasteiger partial charge in [0.15, 0.2) is 6.19 Å². The van der Waals surface area contributed by atoms with Gasteiger partial charge in [0.1, 0.15) is 0 Å². The van der Waals surface area contributed by atoms with Crippen LogP contribution in [0.15, 0.2) is 18.2 Å². The molecule has 1 amide bonds. The van der Waals surface area contributed by atoms with Crippen LogP contribution in [0.5, 0.6) is 0 Å². The van der Waals surface area contributed by atoms with Crippen molar-refractivity contribution < 1.29 is 18.0 Å². The van der Waals surface area contributed by atoms with E-state index in [2.05, 4.69) is 10.6 Å². The van der Waals surface area contributed by atoms with Crippen molar-refractivity contribution >= 4 is 23.2 Å². The third-order valence-corrected chi connectivity index (χ3v) is 3.65. The molecule has 0 unspecified atom stereocenters. The molecular formula is C13H11ClF3N3O. The highest BCUT2D eigenvalue weighted by Gasteiger charge is 2.36. The molecule has 8 heteroatoms. The summed E-state index contributed by atoms with van der Waals surface area (Å²) in [4.78, 5) is 11.9. The lowest BCUT2D eigenvalue weighted by Gasteiger charge is -2.33. The summed E-state index contributed by atoms with van der Waals surface area (Å²) in [5, 5.41) is 13.0. The second kappa shape index (κ2) is 5.82. The standard InChI is InChI=1S/C13H11ClF3N3O/c14-11-2-1-8(5-10(11)13(15,16)17)20-12(21)7-3-9(4-7)19-6-18/h1-2,5,7,9,19H,3-4H2,(H,20,21). The summed E-state index contributed by atoms with van der Waals surface area (Å²) < 4.78 is 38.1. The Hall–Kier alpha value is -1.94. The van der Waals surface area contributed by atoms with Gasteiger partial charge in [0.25, 0.3) is 0 Å². The predicted molar refractivity (Wildman–Crippen MR) is 70.3 cm³/mol. The summed E-state index contributed by atoms with van der Waals surface area (Å²) in [7, 11) is 0. The number of carbonyl (C=O) groups is 1. The van der Waals surface area contributed by atoms with Crippen LogP contribution in [-0.4, -0.2) is 11.9 Å². The smallest absolute Gasteiger partial charge is 0.326 e. The zero-order chi connectivity index (χ0) is 15.6. The minimum atomic E-state index is -4.57. The van der Waals surface area contributed by atoms with Crippen LogP contribution in [0.1, 0.15) is 18.4 Å². The lowest BCUT2D eigenvalue weighted by atomic mass is 9.79. The molecule has 2 N–H and O–H groups in total. The third-order valence-electron chi connectivity index (χ3n) is 3.32. The van der Waals surface area contributed by atoms with E-state index in [0.717, 1.165) is 12.1 Å². The summed E-state index contributed by atoms with van der Waals surface area (Å²) in [6, 6.07) is 3.19. The van der Waals surface area contributed by atoms with E-state index in [1.54, 1.807) is 6.19 Å². The number of carbonyl (C=O) groups excluding carboxylic acids is 1. The number of nitriles is 1. The monoisotopic (exact) mass is 317 g/mol. The van der Waals surface area contributed by atoms with E-state index in [-0.39, 0.29) is 23.6 Å². The van der Waals surface area contributed by atoms with Crippen LogP contribution >= 0.6 is 11.6 Å². The summed E-state index contributed by atoms with van der Waals surface area (Å²) in [5.41, 5.74) is -0.937. The van der Waals surface area contributed by atoms with Crippen molar-refractivity contribution in [3.63, 3.8) is 0 Å². The molecule has 1 saturated carbocycles. The fourth-order valence-electron chi connectivity index (χ4n) is 2.11. The van der Waals surface area contributed by atoms with Gasteiger partial charge in [-0.3, -0.25) is 4.79 Å². The SMILES string of the molecule is N#CNC1CC(C(=O)Nc2ccc(Cl)c(C(F)(F)F)c2)C1. The first-order valence-electron chi connectivity index (χ1n) is 6.13. The molecule has 1 aromatic rings. The van der Waals surface area contributed by atoms with Gasteiger partial charge in [0.05, 0.1) is 10.6 Å². The second-order valence-corrected chi connectivity index (χ2v) is 5.21. The highest BCUT2D eigenvalue weighted by molar-refractivity contribution is 6.31. The number of alkyl halides is 3. The molecule has 0 aliphatic heterocycles. The number of benzene rings is 1. The van der Waals surface area contributed by atoms with Gasteiger partial charge in [-0.1, -0.05) is 11.6 Å². The minimum Gasteiger partial charge on any atom is -0.326 e. The highest BCUT2D eigenvalue weighted by atomic mass is 35.5. The van der Waals surface area contributed by atoms with Crippen LogP contribution in [0, 0.1) is 17.4 Å². The largest absolute Gasteiger partial charge is 0.417 e. The normalized spacial score (nSPS) is 21.1. The van der Waals surface area contributed by atoms with Crippen molar-refractivity contribution in [1.29, 1.82) is 5.26 Å². The van der Waals surface area contributed by atoms with E-state index < -0.39 is 16.8 Å². The van der Waals surface area contributed by atoms with E-state index in [1.807, 2.05) is 0 Å². The zero-order valence-corrected chi connectivity index (χ0v) is 11.4. The van der Waals surface area contributed by atoms with Crippen LogP contribution in [0.25, 0.3) is 0 Å². The van der Waals surface area contributed by atoms with Crippen molar-refractivity contribution in [2.24, 2.45) is 5.92 Å². The number of nitrogens with zero attached hydrogens (tertiary/aromatic N) is 1. The van der Waals surface area contributed by atoms with Crippen LogP contribution in [0.4, 0.5) is 18.9 Å². The van der Waals surface area contributed by atoms with Crippen molar-refractivity contribution in [2.75, 3.05) is 5.32 Å². The van der Waals surface area contributed by atoms with Crippen LogP contribution < -0.4 is 10.6 Å². The van der Waals surface area contributed by atoms with E-state index in [9.17, 15) is 18.0 Å². The molecule has 21 heavy (non-hydrogen) atoms. The first kappa shape index (κ1) is 15.4. The number of halogens is 4. The lowest BCUT2D eigenvalue weighted by molar-refractivity contribution is -0.137. The van der Waals surface area contributed by atoms with Gasteiger partial charge in [-0.25, -0.2) is 0 Å². The fraction of sp³-hybridized carbons (Fsp3) is 0.385. The molecule has 0 heterocycles. The Morgan fingerprint density at radius 2 is 2.05 bits per heavy atom. The molecule has 1 fully saturated rings. The molecule has 1 aliphatic rings. The molecule has 0 spiro atoms. The first-order chi connectivity index (χ1) is 9.81. The molecule has 1 aliphatic carbocycles. The van der Waals surface area contributed by atoms with Crippen molar-refractivity contribution in [3.8, 4) is 6.19 Å². The van der Waals surface area contributed by atoms with Crippen molar-refractivity contribution in [3.05, 3.63) is 28.8 Å². The number of hydrogen-bond donors (Lipinski definition) is 2. The van der Waals surface area contributed by atoms with Gasteiger partial charge in [-0.05, 0) is 31.0 Å².